The van der Waals surface area contributed by atoms with Crippen molar-refractivity contribution in [3.05, 3.63) is 90.8 Å². The zero-order chi connectivity index (χ0) is 20.3. The first-order valence-electron chi connectivity index (χ1n) is 8.68. The standard InChI is InChI=1S/C21H16N2O5S/c24-21(23-16-6-4-5-15(11-16)20-12-22-14-27-20)19-10-9-17(28-19)13-29(25,26)18-7-2-1-3-8-18/h1-12,14H,13H2,(H,23,24). The number of nitrogens with zero attached hydrogens (tertiary/aromatic N) is 1. The van der Waals surface area contributed by atoms with E-state index in [-0.39, 0.29) is 22.2 Å². The van der Waals surface area contributed by atoms with E-state index in [0.29, 0.717) is 11.4 Å². The summed E-state index contributed by atoms with van der Waals surface area (Å²) in [6.07, 6.45) is 2.90. The predicted octanol–water partition coefficient (Wildman–Crippen LogP) is 4.16. The molecule has 0 saturated heterocycles. The highest BCUT2D eigenvalue weighted by Crippen LogP contribution is 2.23. The molecule has 0 bridgehead atoms. The summed E-state index contributed by atoms with van der Waals surface area (Å²) >= 11 is 0. The van der Waals surface area contributed by atoms with E-state index in [0.717, 1.165) is 5.56 Å². The van der Waals surface area contributed by atoms with Gasteiger partial charge in [0.1, 0.15) is 11.5 Å². The zero-order valence-electron chi connectivity index (χ0n) is 15.1. The summed E-state index contributed by atoms with van der Waals surface area (Å²) in [5, 5.41) is 2.72. The predicted molar refractivity (Wildman–Crippen MR) is 106 cm³/mol. The molecular weight excluding hydrogens is 392 g/mol. The van der Waals surface area contributed by atoms with Crippen LogP contribution in [0, 0.1) is 0 Å². The van der Waals surface area contributed by atoms with Crippen molar-refractivity contribution in [2.75, 3.05) is 5.32 Å². The van der Waals surface area contributed by atoms with Gasteiger partial charge in [0.05, 0.1) is 11.1 Å². The Morgan fingerprint density at radius 3 is 2.59 bits per heavy atom. The van der Waals surface area contributed by atoms with Crippen molar-refractivity contribution in [1.82, 2.24) is 4.98 Å². The molecule has 0 radical (unpaired) electrons. The van der Waals surface area contributed by atoms with Crippen molar-refractivity contribution in [2.24, 2.45) is 0 Å². The summed E-state index contributed by atoms with van der Waals surface area (Å²) in [5.74, 6) is -0.0241. The van der Waals surface area contributed by atoms with E-state index in [4.69, 9.17) is 8.83 Å². The molecule has 29 heavy (non-hydrogen) atoms. The second-order valence-corrected chi connectivity index (χ2v) is 8.23. The Bertz CT molecular complexity index is 1230. The lowest BCUT2D eigenvalue weighted by molar-refractivity contribution is 0.0995. The molecule has 1 N–H and O–H groups in total. The van der Waals surface area contributed by atoms with Crippen molar-refractivity contribution in [1.29, 1.82) is 0 Å². The Balaban J connectivity index is 1.47. The van der Waals surface area contributed by atoms with Gasteiger partial charge in [0, 0.05) is 11.3 Å². The second-order valence-electron chi connectivity index (χ2n) is 6.24. The molecule has 0 atom stereocenters. The zero-order valence-corrected chi connectivity index (χ0v) is 15.9. The van der Waals surface area contributed by atoms with Gasteiger partial charge in [-0.05, 0) is 36.4 Å². The molecule has 4 rings (SSSR count). The number of sulfone groups is 1. The minimum Gasteiger partial charge on any atom is -0.455 e. The first-order valence-corrected chi connectivity index (χ1v) is 10.3. The summed E-state index contributed by atoms with van der Waals surface area (Å²) in [5.41, 5.74) is 1.30. The average Bonchev–Trinajstić information content (AvgIpc) is 3.41. The Kier molecular flexibility index (Phi) is 5.01. The van der Waals surface area contributed by atoms with E-state index in [2.05, 4.69) is 10.3 Å². The number of oxazole rings is 1. The van der Waals surface area contributed by atoms with E-state index < -0.39 is 15.7 Å². The van der Waals surface area contributed by atoms with Crippen LogP contribution < -0.4 is 5.32 Å². The minimum atomic E-state index is -3.56. The largest absolute Gasteiger partial charge is 0.455 e. The fourth-order valence-electron chi connectivity index (χ4n) is 2.78. The number of benzene rings is 2. The van der Waals surface area contributed by atoms with Gasteiger partial charge in [-0.1, -0.05) is 30.3 Å². The van der Waals surface area contributed by atoms with Gasteiger partial charge in [0.2, 0.25) is 0 Å². The minimum absolute atomic E-state index is 0.0216. The van der Waals surface area contributed by atoms with Crippen LogP contribution in [0.25, 0.3) is 11.3 Å². The molecule has 0 unspecified atom stereocenters. The first-order chi connectivity index (χ1) is 14.0. The third kappa shape index (κ3) is 4.27. The van der Waals surface area contributed by atoms with Gasteiger partial charge in [-0.3, -0.25) is 4.79 Å². The SMILES string of the molecule is O=C(Nc1cccc(-c2cnco2)c1)c1ccc(CS(=O)(=O)c2ccccc2)o1. The number of nitrogens with one attached hydrogen (secondary N) is 1. The maximum absolute atomic E-state index is 12.5. The molecular formula is C21H16N2O5S. The Labute approximate surface area is 166 Å². The smallest absolute Gasteiger partial charge is 0.291 e. The Morgan fingerprint density at radius 2 is 1.83 bits per heavy atom. The normalized spacial score (nSPS) is 11.3. The highest BCUT2D eigenvalue weighted by atomic mass is 32.2. The van der Waals surface area contributed by atoms with Crippen LogP contribution in [0.1, 0.15) is 16.3 Å². The van der Waals surface area contributed by atoms with Crippen LogP contribution in [0.2, 0.25) is 0 Å². The van der Waals surface area contributed by atoms with Crippen LogP contribution >= 0.6 is 0 Å². The average molecular weight is 408 g/mol. The number of aromatic nitrogens is 1. The lowest BCUT2D eigenvalue weighted by Gasteiger charge is -2.05. The summed E-state index contributed by atoms with van der Waals surface area (Å²) in [7, 11) is -3.56. The third-order valence-electron chi connectivity index (χ3n) is 4.16. The monoisotopic (exact) mass is 408 g/mol. The van der Waals surface area contributed by atoms with Crippen LogP contribution in [0.3, 0.4) is 0 Å². The molecule has 0 aliphatic rings. The van der Waals surface area contributed by atoms with Crippen molar-refractivity contribution >= 4 is 21.4 Å². The van der Waals surface area contributed by atoms with Crippen LogP contribution in [0.15, 0.2) is 93.1 Å². The molecule has 0 aliphatic carbocycles. The lowest BCUT2D eigenvalue weighted by Crippen LogP contribution is -2.11. The number of carbonyl (C=O) groups is 1. The van der Waals surface area contributed by atoms with Crippen LogP contribution in [0.5, 0.6) is 0 Å². The van der Waals surface area contributed by atoms with Gasteiger partial charge in [-0.25, -0.2) is 13.4 Å². The number of hydrogen-bond donors (Lipinski definition) is 1. The van der Waals surface area contributed by atoms with Gasteiger partial charge in [-0.2, -0.15) is 0 Å². The molecule has 146 valence electrons. The van der Waals surface area contributed by atoms with Gasteiger partial charge in [-0.15, -0.1) is 0 Å². The molecule has 0 saturated carbocycles. The fourth-order valence-corrected chi connectivity index (χ4v) is 4.05. The number of furan rings is 1. The second kappa shape index (κ2) is 7.76. The Morgan fingerprint density at radius 1 is 1.00 bits per heavy atom. The topological polar surface area (TPSA) is 102 Å². The van der Waals surface area contributed by atoms with Crippen molar-refractivity contribution in [3.8, 4) is 11.3 Å². The van der Waals surface area contributed by atoms with Crippen LogP contribution in [0.4, 0.5) is 5.69 Å². The number of anilines is 1. The molecule has 7 nitrogen and oxygen atoms in total. The Hall–Kier alpha value is -3.65. The number of amides is 1. The molecule has 8 heteroatoms. The van der Waals surface area contributed by atoms with Crippen molar-refractivity contribution in [3.63, 3.8) is 0 Å². The van der Waals surface area contributed by atoms with E-state index in [1.54, 1.807) is 42.6 Å². The summed E-state index contributed by atoms with van der Waals surface area (Å²) < 4.78 is 35.6. The molecule has 1 amide bonds. The first kappa shape index (κ1) is 18.7. The number of hydrogen-bond acceptors (Lipinski definition) is 6. The van der Waals surface area contributed by atoms with E-state index in [1.165, 1.54) is 30.7 Å². The highest BCUT2D eigenvalue weighted by molar-refractivity contribution is 7.90. The molecule has 2 aromatic heterocycles. The highest BCUT2D eigenvalue weighted by Gasteiger charge is 2.19. The van der Waals surface area contributed by atoms with E-state index in [9.17, 15) is 13.2 Å². The molecule has 4 aromatic rings. The third-order valence-corrected chi connectivity index (χ3v) is 5.81. The summed E-state index contributed by atoms with van der Waals surface area (Å²) in [4.78, 5) is 16.5. The quantitative estimate of drug-likeness (QED) is 0.514. The van der Waals surface area contributed by atoms with E-state index >= 15 is 0 Å². The molecule has 0 aliphatic heterocycles. The fraction of sp³-hybridized carbons (Fsp3) is 0.0476. The van der Waals surface area contributed by atoms with Gasteiger partial charge >= 0.3 is 0 Å². The molecule has 0 fully saturated rings. The summed E-state index contributed by atoms with van der Waals surface area (Å²) in [6, 6.07) is 18.1. The van der Waals surface area contributed by atoms with Gasteiger partial charge < -0.3 is 14.2 Å². The molecule has 2 aromatic carbocycles. The maximum Gasteiger partial charge on any atom is 0.291 e. The van der Waals surface area contributed by atoms with E-state index in [1.807, 2.05) is 6.07 Å². The molecule has 0 spiro atoms. The summed E-state index contributed by atoms with van der Waals surface area (Å²) in [6.45, 7) is 0. The van der Waals surface area contributed by atoms with Crippen LogP contribution in [-0.4, -0.2) is 19.3 Å². The lowest BCUT2D eigenvalue weighted by atomic mass is 10.1. The van der Waals surface area contributed by atoms with Gasteiger partial charge in [0.15, 0.2) is 27.8 Å². The van der Waals surface area contributed by atoms with Crippen molar-refractivity contribution < 1.29 is 22.0 Å². The maximum atomic E-state index is 12.5. The van der Waals surface area contributed by atoms with Gasteiger partial charge in [0.25, 0.3) is 5.91 Å². The van der Waals surface area contributed by atoms with Crippen LogP contribution in [-0.2, 0) is 15.6 Å². The van der Waals surface area contributed by atoms with Crippen molar-refractivity contribution in [2.45, 2.75) is 10.6 Å². The number of rotatable bonds is 6. The molecule has 2 heterocycles. The number of carbonyl (C=O) groups excluding carboxylic acids is 1.